The summed E-state index contributed by atoms with van der Waals surface area (Å²) in [6.45, 7) is 1.70. The van der Waals surface area contributed by atoms with Crippen molar-refractivity contribution in [3.63, 3.8) is 0 Å². The number of hydrogen-bond acceptors (Lipinski definition) is 6. The van der Waals surface area contributed by atoms with E-state index in [9.17, 15) is 13.2 Å². The minimum Gasteiger partial charge on any atom is -0.493 e. The Labute approximate surface area is 135 Å². The van der Waals surface area contributed by atoms with Crippen LogP contribution >= 0.6 is 0 Å². The molecule has 2 rings (SSSR count). The molecular weight excluding hydrogens is 322 g/mol. The second kappa shape index (κ2) is 7.16. The van der Waals surface area contributed by atoms with Crippen molar-refractivity contribution in [3.8, 4) is 11.5 Å². The van der Waals surface area contributed by atoms with Crippen LogP contribution in [0.1, 0.15) is 0 Å². The summed E-state index contributed by atoms with van der Waals surface area (Å²) in [6.07, 6.45) is 0. The number of sulfonamides is 1. The maximum atomic E-state index is 12.7. The standard InChI is InChI=1S/C14H21N3O5S/c1-21-12-4-3-11(9-13(12)22-2)23(19,20)17-7-5-16(6-8-17)10-14(15)18/h3-4,9H,5-8,10H2,1-2H3,(H2,15,18). The van der Waals surface area contributed by atoms with Gasteiger partial charge in [0, 0.05) is 32.2 Å². The molecule has 0 saturated carbocycles. The Morgan fingerprint density at radius 2 is 1.74 bits per heavy atom. The van der Waals surface area contributed by atoms with Crippen molar-refractivity contribution in [1.82, 2.24) is 9.21 Å². The number of piperazine rings is 1. The topological polar surface area (TPSA) is 102 Å². The van der Waals surface area contributed by atoms with Crippen LogP contribution in [0, 0.1) is 0 Å². The number of methoxy groups -OCH3 is 2. The molecule has 1 aromatic carbocycles. The van der Waals surface area contributed by atoms with Gasteiger partial charge in [0.2, 0.25) is 15.9 Å². The third-order valence-electron chi connectivity index (χ3n) is 3.70. The van der Waals surface area contributed by atoms with Gasteiger partial charge in [-0.05, 0) is 12.1 Å². The lowest BCUT2D eigenvalue weighted by Gasteiger charge is -2.33. The number of carbonyl (C=O) groups is 1. The minimum absolute atomic E-state index is 0.143. The summed E-state index contributed by atoms with van der Waals surface area (Å²) >= 11 is 0. The molecule has 1 aliphatic heterocycles. The Balaban J connectivity index is 2.15. The van der Waals surface area contributed by atoms with Crippen LogP contribution in [0.15, 0.2) is 23.1 Å². The fourth-order valence-electron chi connectivity index (χ4n) is 2.47. The maximum Gasteiger partial charge on any atom is 0.243 e. The fourth-order valence-corrected chi connectivity index (χ4v) is 3.91. The van der Waals surface area contributed by atoms with Gasteiger partial charge in [-0.25, -0.2) is 8.42 Å². The molecule has 1 aromatic rings. The van der Waals surface area contributed by atoms with E-state index in [0.29, 0.717) is 37.7 Å². The molecule has 2 N–H and O–H groups in total. The van der Waals surface area contributed by atoms with Crippen LogP contribution in [0.5, 0.6) is 11.5 Å². The quantitative estimate of drug-likeness (QED) is 0.747. The van der Waals surface area contributed by atoms with Gasteiger partial charge in [0.1, 0.15) is 0 Å². The first-order valence-corrected chi connectivity index (χ1v) is 8.55. The highest BCUT2D eigenvalue weighted by atomic mass is 32.2. The molecule has 9 heteroatoms. The third-order valence-corrected chi connectivity index (χ3v) is 5.60. The number of nitrogens with zero attached hydrogens (tertiary/aromatic N) is 2. The second-order valence-corrected chi connectivity index (χ2v) is 7.10. The van der Waals surface area contributed by atoms with E-state index in [0.717, 1.165) is 0 Å². The molecule has 23 heavy (non-hydrogen) atoms. The van der Waals surface area contributed by atoms with Crippen molar-refractivity contribution in [3.05, 3.63) is 18.2 Å². The molecule has 1 fully saturated rings. The number of primary amides is 1. The number of hydrogen-bond donors (Lipinski definition) is 1. The summed E-state index contributed by atoms with van der Waals surface area (Å²) in [4.78, 5) is 12.9. The van der Waals surface area contributed by atoms with E-state index in [1.807, 2.05) is 4.90 Å². The number of nitrogens with two attached hydrogens (primary N) is 1. The Morgan fingerprint density at radius 3 is 2.26 bits per heavy atom. The first kappa shape index (κ1) is 17.5. The summed E-state index contributed by atoms with van der Waals surface area (Å²) < 4.78 is 37.1. The lowest BCUT2D eigenvalue weighted by molar-refractivity contribution is -0.119. The average Bonchev–Trinajstić information content (AvgIpc) is 2.54. The molecule has 1 heterocycles. The summed E-state index contributed by atoms with van der Waals surface area (Å²) in [7, 11) is -0.671. The van der Waals surface area contributed by atoms with Crippen molar-refractivity contribution >= 4 is 15.9 Å². The number of carbonyl (C=O) groups excluding carboxylic acids is 1. The van der Waals surface area contributed by atoms with Gasteiger partial charge in [-0.1, -0.05) is 0 Å². The van der Waals surface area contributed by atoms with Gasteiger partial charge in [-0.15, -0.1) is 0 Å². The Morgan fingerprint density at radius 1 is 1.13 bits per heavy atom. The van der Waals surface area contributed by atoms with E-state index >= 15 is 0 Å². The number of rotatable bonds is 6. The van der Waals surface area contributed by atoms with Crippen LogP contribution in [0.4, 0.5) is 0 Å². The van der Waals surface area contributed by atoms with Gasteiger partial charge in [-0.3, -0.25) is 9.69 Å². The van der Waals surface area contributed by atoms with E-state index < -0.39 is 15.9 Å². The molecule has 1 amide bonds. The van der Waals surface area contributed by atoms with Crippen molar-refractivity contribution in [2.75, 3.05) is 46.9 Å². The van der Waals surface area contributed by atoms with Crippen LogP contribution in [0.2, 0.25) is 0 Å². The summed E-state index contributed by atoms with van der Waals surface area (Å²) in [5.41, 5.74) is 5.16. The zero-order valence-corrected chi connectivity index (χ0v) is 14.0. The highest BCUT2D eigenvalue weighted by Gasteiger charge is 2.29. The molecule has 0 radical (unpaired) electrons. The molecule has 0 aliphatic carbocycles. The third kappa shape index (κ3) is 3.92. The summed E-state index contributed by atoms with van der Waals surface area (Å²) in [6, 6.07) is 4.51. The van der Waals surface area contributed by atoms with Gasteiger partial charge < -0.3 is 15.2 Å². The molecule has 0 aromatic heterocycles. The van der Waals surface area contributed by atoms with E-state index in [-0.39, 0.29) is 11.4 Å². The molecule has 0 unspecified atom stereocenters. The van der Waals surface area contributed by atoms with Gasteiger partial charge in [0.05, 0.1) is 25.7 Å². The Hall–Kier alpha value is -1.84. The lowest BCUT2D eigenvalue weighted by Crippen LogP contribution is -2.50. The van der Waals surface area contributed by atoms with Crippen LogP contribution in [-0.2, 0) is 14.8 Å². The van der Waals surface area contributed by atoms with Crippen molar-refractivity contribution in [2.24, 2.45) is 5.73 Å². The predicted molar refractivity (Wildman–Crippen MR) is 83.9 cm³/mol. The van der Waals surface area contributed by atoms with Gasteiger partial charge >= 0.3 is 0 Å². The molecular formula is C14H21N3O5S. The van der Waals surface area contributed by atoms with E-state index in [1.165, 1.54) is 30.7 Å². The van der Waals surface area contributed by atoms with Crippen LogP contribution in [0.3, 0.4) is 0 Å². The van der Waals surface area contributed by atoms with Crippen LogP contribution in [0.25, 0.3) is 0 Å². The zero-order valence-electron chi connectivity index (χ0n) is 13.2. The van der Waals surface area contributed by atoms with E-state index in [1.54, 1.807) is 6.07 Å². The van der Waals surface area contributed by atoms with Gasteiger partial charge in [0.25, 0.3) is 0 Å². The minimum atomic E-state index is -3.62. The normalized spacial score (nSPS) is 17.0. The maximum absolute atomic E-state index is 12.7. The Bertz CT molecular complexity index is 669. The van der Waals surface area contributed by atoms with Gasteiger partial charge in [-0.2, -0.15) is 4.31 Å². The van der Waals surface area contributed by atoms with Crippen molar-refractivity contribution in [2.45, 2.75) is 4.90 Å². The largest absolute Gasteiger partial charge is 0.493 e. The highest BCUT2D eigenvalue weighted by molar-refractivity contribution is 7.89. The number of ether oxygens (including phenoxy) is 2. The first-order chi connectivity index (χ1) is 10.9. The number of benzene rings is 1. The molecule has 1 saturated heterocycles. The second-order valence-electron chi connectivity index (χ2n) is 5.16. The number of amides is 1. The fraction of sp³-hybridized carbons (Fsp3) is 0.500. The van der Waals surface area contributed by atoms with Crippen molar-refractivity contribution < 1.29 is 22.7 Å². The molecule has 1 aliphatic rings. The molecule has 0 atom stereocenters. The smallest absolute Gasteiger partial charge is 0.243 e. The first-order valence-electron chi connectivity index (χ1n) is 7.11. The van der Waals surface area contributed by atoms with Crippen LogP contribution < -0.4 is 15.2 Å². The Kier molecular flexibility index (Phi) is 5.45. The molecule has 0 spiro atoms. The predicted octanol–water partition coefficient (Wildman–Crippen LogP) is -0.505. The summed E-state index contributed by atoms with van der Waals surface area (Å²) in [5.74, 6) is 0.417. The molecule has 128 valence electrons. The summed E-state index contributed by atoms with van der Waals surface area (Å²) in [5, 5.41) is 0. The lowest BCUT2D eigenvalue weighted by atomic mass is 10.3. The van der Waals surface area contributed by atoms with E-state index in [2.05, 4.69) is 0 Å². The van der Waals surface area contributed by atoms with Crippen LogP contribution in [-0.4, -0.2) is 70.5 Å². The average molecular weight is 343 g/mol. The molecule has 0 bridgehead atoms. The highest BCUT2D eigenvalue weighted by Crippen LogP contribution is 2.30. The van der Waals surface area contributed by atoms with E-state index in [4.69, 9.17) is 15.2 Å². The zero-order chi connectivity index (χ0) is 17.0. The van der Waals surface area contributed by atoms with Gasteiger partial charge in [0.15, 0.2) is 11.5 Å². The monoisotopic (exact) mass is 343 g/mol. The van der Waals surface area contributed by atoms with Crippen molar-refractivity contribution in [1.29, 1.82) is 0 Å². The SMILES string of the molecule is COc1ccc(S(=O)(=O)N2CCN(CC(N)=O)CC2)cc1OC. The molecule has 8 nitrogen and oxygen atoms in total.